The number of aromatic carboxylic acids is 1. The molecule has 3 aliphatic carbocycles. The van der Waals surface area contributed by atoms with Crippen LogP contribution in [-0.4, -0.2) is 35.5 Å². The number of anilines is 1. The van der Waals surface area contributed by atoms with Gasteiger partial charge in [0, 0.05) is 11.8 Å². The first kappa shape index (κ1) is 30.5. The van der Waals surface area contributed by atoms with Gasteiger partial charge in [0.05, 0.1) is 35.3 Å². The van der Waals surface area contributed by atoms with Gasteiger partial charge in [0.15, 0.2) is 0 Å². The van der Waals surface area contributed by atoms with Crippen molar-refractivity contribution >= 4 is 29.4 Å². The van der Waals surface area contributed by atoms with E-state index in [1.54, 1.807) is 25.1 Å². The lowest BCUT2D eigenvalue weighted by atomic mass is 9.54. The van der Waals surface area contributed by atoms with Crippen molar-refractivity contribution in [1.29, 1.82) is 0 Å². The van der Waals surface area contributed by atoms with E-state index < -0.39 is 23.8 Å². The summed E-state index contributed by atoms with van der Waals surface area (Å²) in [6, 6.07) is 34.7. The maximum absolute atomic E-state index is 14.3. The van der Waals surface area contributed by atoms with Crippen molar-refractivity contribution in [3.05, 3.63) is 148 Å². The van der Waals surface area contributed by atoms with Crippen LogP contribution in [0.5, 0.6) is 0 Å². The predicted octanol–water partition coefficient (Wildman–Crippen LogP) is 7.85. The fourth-order valence-electron chi connectivity index (χ4n) is 8.19. The van der Waals surface area contributed by atoms with Crippen molar-refractivity contribution in [2.24, 2.45) is 11.8 Å². The van der Waals surface area contributed by atoms with Gasteiger partial charge in [-0.05, 0) is 87.7 Å². The molecule has 0 aromatic heterocycles. The Morgan fingerprint density at radius 3 is 1.71 bits per heavy atom. The second kappa shape index (κ2) is 11.7. The zero-order valence-electron chi connectivity index (χ0n) is 27.1. The fourth-order valence-corrected chi connectivity index (χ4v) is 8.19. The number of hydrogen-bond acceptors (Lipinski definition) is 5. The Morgan fingerprint density at radius 2 is 1.16 bits per heavy atom. The monoisotopic (exact) mass is 647 g/mol. The normalized spacial score (nSPS) is 20.1. The van der Waals surface area contributed by atoms with Gasteiger partial charge in [0.1, 0.15) is 0 Å². The van der Waals surface area contributed by atoms with Crippen LogP contribution in [0.2, 0.25) is 0 Å². The van der Waals surface area contributed by atoms with E-state index in [0.717, 1.165) is 45.4 Å². The molecule has 1 fully saturated rings. The zero-order valence-corrected chi connectivity index (χ0v) is 27.1. The van der Waals surface area contributed by atoms with Gasteiger partial charge in [0.25, 0.3) is 0 Å². The van der Waals surface area contributed by atoms with Crippen LogP contribution in [0, 0.1) is 11.8 Å². The number of carbonyl (C=O) groups excluding carboxylic acids is 3. The summed E-state index contributed by atoms with van der Waals surface area (Å²) in [5, 5.41) is 9.97. The molecule has 5 aromatic rings. The summed E-state index contributed by atoms with van der Waals surface area (Å²) in [6.45, 7) is 3.93. The summed E-state index contributed by atoms with van der Waals surface area (Å²) < 4.78 is 5.09. The minimum absolute atomic E-state index is 0.0110. The number of aryl methyl sites for hydroxylation is 1. The molecule has 0 spiro atoms. The number of rotatable bonds is 7. The Kier molecular flexibility index (Phi) is 7.29. The van der Waals surface area contributed by atoms with Gasteiger partial charge in [-0.3, -0.25) is 9.59 Å². The third kappa shape index (κ3) is 4.71. The summed E-state index contributed by atoms with van der Waals surface area (Å²) >= 11 is 0. The van der Waals surface area contributed by atoms with Crippen LogP contribution < -0.4 is 4.90 Å². The lowest BCUT2D eigenvalue weighted by Crippen LogP contribution is -2.41. The fraction of sp³-hybridized carbons (Fsp3) is 0.190. The predicted molar refractivity (Wildman–Crippen MR) is 186 cm³/mol. The van der Waals surface area contributed by atoms with Gasteiger partial charge >= 0.3 is 11.9 Å². The van der Waals surface area contributed by atoms with Gasteiger partial charge in [-0.2, -0.15) is 0 Å². The molecule has 7 nitrogen and oxygen atoms in total. The van der Waals surface area contributed by atoms with E-state index in [-0.39, 0.29) is 41.4 Å². The number of carbonyl (C=O) groups is 4. The number of ether oxygens (including phenoxy) is 1. The molecule has 242 valence electrons. The highest BCUT2D eigenvalue weighted by Crippen LogP contribution is 2.62. The molecule has 7 heteroatoms. The Balaban J connectivity index is 1.27. The Hall–Kier alpha value is -5.82. The number of esters is 1. The number of amides is 2. The highest BCUT2D eigenvalue weighted by atomic mass is 16.5. The van der Waals surface area contributed by atoms with E-state index in [0.29, 0.717) is 11.3 Å². The SMILES string of the molecule is CCOC(=O)c1ccc(-c2ccc3c(c2)C2c4ccc(-c5ccc(CC)cc5)cc4C3[C@H]3C(=O)N(c4ccccc4)C(=O)[C@@H]23)cc1C(=O)O. The van der Waals surface area contributed by atoms with E-state index >= 15 is 0 Å². The van der Waals surface area contributed by atoms with E-state index in [1.807, 2.05) is 36.4 Å². The van der Waals surface area contributed by atoms with Crippen molar-refractivity contribution in [3.63, 3.8) is 0 Å². The molecule has 9 rings (SSSR count). The molecule has 4 atom stereocenters. The number of carboxylic acid groups (broad SMARTS) is 1. The second-order valence-corrected chi connectivity index (χ2v) is 12.9. The standard InChI is InChI=1S/C42H33NO6/c1-3-23-10-12-24(13-11-23)25-14-17-29-32(20-25)35-30-18-15-26(27-16-19-31(42(48)49-4-2)34(22-27)41(46)47)21-33(30)36(29)38-37(35)39(44)43(40(38)45)28-8-6-5-7-9-28/h5-22,35-38H,3-4H2,1-2H3,(H,46,47)/t35?,36?,37-,38+/m1/s1. The van der Waals surface area contributed by atoms with Crippen LogP contribution in [0.25, 0.3) is 22.3 Å². The van der Waals surface area contributed by atoms with E-state index in [4.69, 9.17) is 4.74 Å². The van der Waals surface area contributed by atoms with Crippen LogP contribution in [0.1, 0.15) is 74.2 Å². The largest absolute Gasteiger partial charge is 0.478 e. The van der Waals surface area contributed by atoms with Gasteiger partial charge in [0.2, 0.25) is 11.8 Å². The summed E-state index contributed by atoms with van der Waals surface area (Å²) in [6.07, 6.45) is 0.956. The molecular formula is C42H33NO6. The average molecular weight is 648 g/mol. The molecule has 4 aliphatic rings. The van der Waals surface area contributed by atoms with Crippen LogP contribution in [0.4, 0.5) is 5.69 Å². The lowest BCUT2D eigenvalue weighted by molar-refractivity contribution is -0.122. The molecule has 0 radical (unpaired) electrons. The summed E-state index contributed by atoms with van der Waals surface area (Å²) in [5.41, 5.74) is 9.25. The van der Waals surface area contributed by atoms with E-state index in [2.05, 4.69) is 49.4 Å². The average Bonchev–Trinajstić information content (AvgIpc) is 3.40. The van der Waals surface area contributed by atoms with Gasteiger partial charge in [-0.15, -0.1) is 0 Å². The highest BCUT2D eigenvalue weighted by Gasteiger charge is 2.62. The molecule has 1 heterocycles. The molecule has 0 saturated carbocycles. The van der Waals surface area contributed by atoms with Crippen LogP contribution in [0.3, 0.4) is 0 Å². The Morgan fingerprint density at radius 1 is 0.633 bits per heavy atom. The number of hydrogen-bond donors (Lipinski definition) is 1. The van der Waals surface area contributed by atoms with Crippen LogP contribution in [0.15, 0.2) is 109 Å². The lowest BCUT2D eigenvalue weighted by Gasteiger charge is -2.46. The number of para-hydroxylation sites is 1. The minimum Gasteiger partial charge on any atom is -0.478 e. The third-order valence-electron chi connectivity index (χ3n) is 10.4. The molecular weight excluding hydrogens is 614 g/mol. The third-order valence-corrected chi connectivity index (χ3v) is 10.4. The quantitative estimate of drug-likeness (QED) is 0.143. The molecule has 1 aliphatic heterocycles. The first-order valence-corrected chi connectivity index (χ1v) is 16.6. The topological polar surface area (TPSA) is 101 Å². The van der Waals surface area contributed by atoms with Crippen molar-refractivity contribution in [3.8, 4) is 22.3 Å². The van der Waals surface area contributed by atoms with Gasteiger partial charge in [-0.25, -0.2) is 14.5 Å². The van der Waals surface area contributed by atoms with Crippen molar-refractivity contribution < 1.29 is 29.0 Å². The highest BCUT2D eigenvalue weighted by molar-refractivity contribution is 6.23. The molecule has 49 heavy (non-hydrogen) atoms. The maximum atomic E-state index is 14.3. The maximum Gasteiger partial charge on any atom is 0.338 e. The van der Waals surface area contributed by atoms with Gasteiger partial charge < -0.3 is 9.84 Å². The Bertz CT molecular complexity index is 2190. The molecule has 1 N–H and O–H groups in total. The van der Waals surface area contributed by atoms with Crippen molar-refractivity contribution in [1.82, 2.24) is 0 Å². The number of nitrogens with zero attached hydrogens (tertiary/aromatic N) is 1. The van der Waals surface area contributed by atoms with E-state index in [9.17, 15) is 24.3 Å². The number of imide groups is 1. The summed E-state index contributed by atoms with van der Waals surface area (Å²) in [5.74, 6) is -4.15. The van der Waals surface area contributed by atoms with Crippen LogP contribution >= 0.6 is 0 Å². The zero-order chi connectivity index (χ0) is 34.0. The first-order valence-electron chi connectivity index (χ1n) is 16.6. The molecule has 2 amide bonds. The smallest absolute Gasteiger partial charge is 0.338 e. The van der Waals surface area contributed by atoms with E-state index in [1.165, 1.54) is 22.6 Å². The molecule has 1 saturated heterocycles. The van der Waals surface area contributed by atoms with Crippen molar-refractivity contribution in [2.75, 3.05) is 11.5 Å². The molecule has 2 bridgehead atoms. The molecule has 2 unspecified atom stereocenters. The number of carboxylic acids is 1. The van der Waals surface area contributed by atoms with Crippen LogP contribution in [-0.2, 0) is 20.7 Å². The summed E-state index contributed by atoms with van der Waals surface area (Å²) in [4.78, 5) is 54.7. The second-order valence-electron chi connectivity index (χ2n) is 12.9. The Labute approximate surface area is 283 Å². The minimum atomic E-state index is -1.23. The van der Waals surface area contributed by atoms with Gasteiger partial charge in [-0.1, -0.05) is 91.9 Å². The summed E-state index contributed by atoms with van der Waals surface area (Å²) in [7, 11) is 0. The van der Waals surface area contributed by atoms with Crippen molar-refractivity contribution in [2.45, 2.75) is 32.1 Å². The molecule has 5 aromatic carbocycles. The number of benzene rings is 5. The first-order chi connectivity index (χ1) is 23.8.